The van der Waals surface area contributed by atoms with Crippen LogP contribution in [0.2, 0.25) is 0 Å². The number of halogens is 3. The van der Waals surface area contributed by atoms with E-state index in [1.165, 1.54) is 0 Å². The van der Waals surface area contributed by atoms with Crippen LogP contribution in [0.15, 0.2) is 30.5 Å². The molecule has 9 heteroatoms. The molecule has 0 bridgehead atoms. The minimum absolute atomic E-state index is 0.0533. The van der Waals surface area contributed by atoms with E-state index in [0.717, 1.165) is 11.1 Å². The van der Waals surface area contributed by atoms with E-state index in [1.807, 2.05) is 19.9 Å². The van der Waals surface area contributed by atoms with Crippen LogP contribution in [0.3, 0.4) is 0 Å². The van der Waals surface area contributed by atoms with Crippen molar-refractivity contribution in [1.29, 1.82) is 0 Å². The molecule has 162 valence electrons. The molecule has 1 fully saturated rings. The van der Waals surface area contributed by atoms with Gasteiger partial charge in [-0.2, -0.15) is 18.3 Å². The van der Waals surface area contributed by atoms with Gasteiger partial charge < -0.3 is 10.2 Å². The molecule has 2 aromatic heterocycles. The van der Waals surface area contributed by atoms with Gasteiger partial charge in [-0.1, -0.05) is 19.9 Å². The van der Waals surface area contributed by atoms with Crippen molar-refractivity contribution in [2.24, 2.45) is 5.92 Å². The Balaban J connectivity index is 1.59. The Morgan fingerprint density at radius 1 is 1.33 bits per heavy atom. The molecular weight excluding hydrogens is 395 g/mol. The number of rotatable bonds is 4. The predicted molar refractivity (Wildman–Crippen MR) is 106 cm³/mol. The van der Waals surface area contributed by atoms with Crippen molar-refractivity contribution in [2.75, 3.05) is 11.9 Å². The molecule has 0 unspecified atom stereocenters. The maximum Gasteiger partial charge on any atom is 0.410 e. The average Bonchev–Trinajstić information content (AvgIpc) is 3.33. The lowest BCUT2D eigenvalue weighted by Crippen LogP contribution is -2.41. The number of carbonyl (C=O) groups excluding carboxylic acids is 1. The van der Waals surface area contributed by atoms with Gasteiger partial charge in [0.25, 0.3) is 0 Å². The molecule has 1 amide bonds. The molecular formula is C21H26F3N5O. The van der Waals surface area contributed by atoms with E-state index in [4.69, 9.17) is 0 Å². The minimum Gasteiger partial charge on any atom is -0.367 e. The third-order valence-electron chi connectivity index (χ3n) is 6.02. The Kier molecular flexibility index (Phi) is 5.46. The number of nitrogens with zero attached hydrogens (tertiary/aromatic N) is 4. The summed E-state index contributed by atoms with van der Waals surface area (Å²) in [6.07, 6.45) is -1.13. The van der Waals surface area contributed by atoms with Crippen LogP contribution in [0.4, 0.5) is 19.0 Å². The highest BCUT2D eigenvalue weighted by Gasteiger charge is 2.47. The first-order valence-corrected chi connectivity index (χ1v) is 10.4. The fourth-order valence-corrected chi connectivity index (χ4v) is 4.35. The topological polar surface area (TPSA) is 63.1 Å². The van der Waals surface area contributed by atoms with Crippen LogP contribution in [-0.4, -0.2) is 44.3 Å². The lowest BCUT2D eigenvalue weighted by molar-refractivity contribution is -0.174. The highest BCUT2D eigenvalue weighted by atomic mass is 19.4. The molecule has 6 nitrogen and oxygen atoms in total. The molecule has 2 aliphatic rings. The van der Waals surface area contributed by atoms with Crippen LogP contribution >= 0.6 is 0 Å². The zero-order valence-electron chi connectivity index (χ0n) is 17.1. The fourth-order valence-electron chi connectivity index (χ4n) is 4.35. The summed E-state index contributed by atoms with van der Waals surface area (Å²) in [4.78, 5) is 18.8. The number of alkyl halides is 3. The molecule has 0 saturated carbocycles. The van der Waals surface area contributed by atoms with Crippen LogP contribution in [0.1, 0.15) is 56.6 Å². The van der Waals surface area contributed by atoms with Gasteiger partial charge in [-0.3, -0.25) is 9.78 Å². The first-order valence-electron chi connectivity index (χ1n) is 10.4. The van der Waals surface area contributed by atoms with Crippen LogP contribution in [0.5, 0.6) is 0 Å². The van der Waals surface area contributed by atoms with Gasteiger partial charge in [-0.25, -0.2) is 4.68 Å². The number of fused-ring (bicyclic) bond motifs is 1. The Labute approximate surface area is 173 Å². The van der Waals surface area contributed by atoms with Gasteiger partial charge >= 0.3 is 6.18 Å². The third-order valence-corrected chi connectivity index (χ3v) is 6.02. The Bertz CT molecular complexity index is 896. The van der Waals surface area contributed by atoms with E-state index in [1.54, 1.807) is 29.3 Å². The van der Waals surface area contributed by atoms with Gasteiger partial charge in [0.15, 0.2) is 6.04 Å². The standard InChI is InChI=1S/C21H26F3N5O/c1-13(2)15-11-18(21(22,23)24)29-19(26-15)12-16(27-29)17-7-5-9-28(17)20(30)10-14-6-3-4-8-25-14/h3-4,6,8,12-13,15,17-18,26H,5,7,9-11H2,1-2H3/t15-,17+,18+/m0/s1. The number of hydrogen-bond donors (Lipinski definition) is 1. The van der Waals surface area contributed by atoms with Crippen molar-refractivity contribution in [3.8, 4) is 0 Å². The number of anilines is 1. The molecule has 30 heavy (non-hydrogen) atoms. The van der Waals surface area contributed by atoms with E-state index in [0.29, 0.717) is 30.2 Å². The summed E-state index contributed by atoms with van der Waals surface area (Å²) in [5.41, 5.74) is 1.19. The van der Waals surface area contributed by atoms with E-state index >= 15 is 0 Å². The summed E-state index contributed by atoms with van der Waals surface area (Å²) < 4.78 is 42.3. The van der Waals surface area contributed by atoms with Gasteiger partial charge in [0.2, 0.25) is 5.91 Å². The number of likely N-dealkylation sites (tertiary alicyclic amines) is 1. The molecule has 4 heterocycles. The van der Waals surface area contributed by atoms with Crippen molar-refractivity contribution >= 4 is 11.7 Å². The first-order chi connectivity index (χ1) is 14.2. The van der Waals surface area contributed by atoms with Crippen molar-refractivity contribution < 1.29 is 18.0 Å². The number of hydrogen-bond acceptors (Lipinski definition) is 4. The molecule has 0 spiro atoms. The molecule has 1 N–H and O–H groups in total. The van der Waals surface area contributed by atoms with Crippen molar-refractivity contribution in [3.63, 3.8) is 0 Å². The minimum atomic E-state index is -4.38. The summed E-state index contributed by atoms with van der Waals surface area (Å²) >= 11 is 0. The number of aromatic nitrogens is 3. The summed E-state index contributed by atoms with van der Waals surface area (Å²) in [6.45, 7) is 4.39. The quantitative estimate of drug-likeness (QED) is 0.807. The molecule has 0 aliphatic carbocycles. The smallest absolute Gasteiger partial charge is 0.367 e. The summed E-state index contributed by atoms with van der Waals surface area (Å²) in [5, 5.41) is 7.55. The summed E-state index contributed by atoms with van der Waals surface area (Å²) in [5.74, 6) is 0.355. The molecule has 2 aromatic rings. The average molecular weight is 421 g/mol. The molecule has 4 rings (SSSR count). The first kappa shape index (κ1) is 20.7. The monoisotopic (exact) mass is 421 g/mol. The second-order valence-electron chi connectivity index (χ2n) is 8.43. The Morgan fingerprint density at radius 2 is 2.13 bits per heavy atom. The zero-order chi connectivity index (χ0) is 21.5. The lowest BCUT2D eigenvalue weighted by Gasteiger charge is -2.35. The second-order valence-corrected chi connectivity index (χ2v) is 8.43. The van der Waals surface area contributed by atoms with Crippen molar-refractivity contribution in [3.05, 3.63) is 41.9 Å². The maximum atomic E-state index is 13.7. The van der Waals surface area contributed by atoms with Gasteiger partial charge in [0.1, 0.15) is 5.82 Å². The van der Waals surface area contributed by atoms with Crippen molar-refractivity contribution in [1.82, 2.24) is 19.7 Å². The van der Waals surface area contributed by atoms with Gasteiger partial charge in [-0.15, -0.1) is 0 Å². The van der Waals surface area contributed by atoms with E-state index in [-0.39, 0.29) is 36.8 Å². The van der Waals surface area contributed by atoms with Crippen molar-refractivity contribution in [2.45, 2.75) is 63.8 Å². The van der Waals surface area contributed by atoms with Gasteiger partial charge in [-0.05, 0) is 37.3 Å². The maximum absolute atomic E-state index is 13.7. The molecule has 0 aromatic carbocycles. The number of nitrogens with one attached hydrogen (secondary N) is 1. The van der Waals surface area contributed by atoms with Crippen LogP contribution in [-0.2, 0) is 11.2 Å². The SMILES string of the molecule is CC(C)[C@@H]1C[C@H](C(F)(F)F)n2nc([C@H]3CCCN3C(=O)Cc3ccccn3)cc2N1. The molecule has 3 atom stereocenters. The fraction of sp³-hybridized carbons (Fsp3) is 0.571. The number of carbonyl (C=O) groups is 1. The van der Waals surface area contributed by atoms with E-state index in [9.17, 15) is 18.0 Å². The Hall–Kier alpha value is -2.58. The molecule has 2 aliphatic heterocycles. The Morgan fingerprint density at radius 3 is 2.80 bits per heavy atom. The predicted octanol–water partition coefficient (Wildman–Crippen LogP) is 4.13. The number of pyridine rings is 1. The normalized spacial score (nSPS) is 24.1. The van der Waals surface area contributed by atoms with Crippen LogP contribution < -0.4 is 5.32 Å². The van der Waals surface area contributed by atoms with Crippen LogP contribution in [0.25, 0.3) is 0 Å². The summed E-state index contributed by atoms with van der Waals surface area (Å²) in [7, 11) is 0. The highest BCUT2D eigenvalue weighted by molar-refractivity contribution is 5.79. The molecule has 0 radical (unpaired) electrons. The van der Waals surface area contributed by atoms with Gasteiger partial charge in [0.05, 0.1) is 18.2 Å². The molecule has 1 saturated heterocycles. The lowest BCUT2D eigenvalue weighted by atomic mass is 9.94. The largest absolute Gasteiger partial charge is 0.410 e. The number of amides is 1. The van der Waals surface area contributed by atoms with E-state index < -0.39 is 12.2 Å². The highest BCUT2D eigenvalue weighted by Crippen LogP contribution is 2.42. The second kappa shape index (κ2) is 7.92. The van der Waals surface area contributed by atoms with E-state index in [2.05, 4.69) is 15.4 Å². The van der Waals surface area contributed by atoms with Crippen LogP contribution in [0, 0.1) is 5.92 Å². The summed E-state index contributed by atoms with van der Waals surface area (Å²) in [6, 6.07) is 4.85. The third kappa shape index (κ3) is 4.02. The van der Waals surface area contributed by atoms with Gasteiger partial charge in [0, 0.05) is 30.5 Å². The zero-order valence-corrected chi connectivity index (χ0v) is 17.1.